The molecule has 0 unspecified atom stereocenters. The fourth-order valence-corrected chi connectivity index (χ4v) is 2.93. The van der Waals surface area contributed by atoms with E-state index in [1.165, 1.54) is 7.11 Å². The van der Waals surface area contributed by atoms with Crippen molar-refractivity contribution in [2.24, 2.45) is 0 Å². The number of aromatic nitrogens is 2. The quantitative estimate of drug-likeness (QED) is 0.464. The van der Waals surface area contributed by atoms with Crippen LogP contribution >= 0.6 is 23.2 Å². The smallest absolute Gasteiger partial charge is 0.337 e. The summed E-state index contributed by atoms with van der Waals surface area (Å²) in [5.74, 6) is -0.364. The van der Waals surface area contributed by atoms with E-state index in [4.69, 9.17) is 28.3 Å². The molecular weight excluding hydrogens is 399 g/mol. The van der Waals surface area contributed by atoms with E-state index < -0.39 is 0 Å². The van der Waals surface area contributed by atoms with Crippen molar-refractivity contribution in [2.75, 3.05) is 7.11 Å². The first kappa shape index (κ1) is 20.0. The Kier molecular flexibility index (Phi) is 6.41. The van der Waals surface area contributed by atoms with Crippen LogP contribution in [0.15, 0.2) is 60.9 Å². The van der Waals surface area contributed by atoms with Crippen LogP contribution < -0.4 is 0 Å². The zero-order chi connectivity index (χ0) is 20.1. The lowest BCUT2D eigenvalue weighted by molar-refractivity contribution is 0.0601. The van der Waals surface area contributed by atoms with E-state index in [1.807, 2.05) is 24.3 Å². The van der Waals surface area contributed by atoms with E-state index in [9.17, 15) is 4.79 Å². The molecule has 0 radical (unpaired) electrons. The van der Waals surface area contributed by atoms with Crippen molar-refractivity contribution in [3.8, 4) is 0 Å². The summed E-state index contributed by atoms with van der Waals surface area (Å²) in [7, 11) is 1.35. The van der Waals surface area contributed by atoms with E-state index in [1.54, 1.807) is 36.7 Å². The maximum atomic E-state index is 11.3. The second kappa shape index (κ2) is 8.97. The molecule has 7 heteroatoms. The molecule has 142 valence electrons. The monoisotopic (exact) mass is 414 g/mol. The number of ether oxygens (including phenoxy) is 1. The van der Waals surface area contributed by atoms with Gasteiger partial charge in [-0.15, -0.1) is 0 Å². The van der Waals surface area contributed by atoms with Crippen LogP contribution in [0.25, 0.3) is 21.8 Å². The normalized spacial score (nSPS) is 10.4. The molecule has 0 aliphatic rings. The van der Waals surface area contributed by atoms with E-state index >= 15 is 0 Å². The van der Waals surface area contributed by atoms with Crippen molar-refractivity contribution < 1.29 is 14.6 Å². The van der Waals surface area contributed by atoms with Crippen molar-refractivity contribution in [2.45, 2.75) is 6.61 Å². The zero-order valence-corrected chi connectivity index (χ0v) is 16.4. The minimum absolute atomic E-state index is 0.0441. The predicted molar refractivity (Wildman–Crippen MR) is 111 cm³/mol. The number of benzene rings is 2. The fourth-order valence-electron chi connectivity index (χ4n) is 2.60. The van der Waals surface area contributed by atoms with Gasteiger partial charge in [-0.1, -0.05) is 29.3 Å². The Morgan fingerprint density at radius 3 is 2.07 bits per heavy atom. The van der Waals surface area contributed by atoms with Crippen LogP contribution in [0.5, 0.6) is 0 Å². The summed E-state index contributed by atoms with van der Waals surface area (Å²) < 4.78 is 4.62. The molecule has 0 saturated heterocycles. The molecule has 0 saturated carbocycles. The van der Waals surface area contributed by atoms with Gasteiger partial charge in [0.25, 0.3) is 0 Å². The SMILES string of the molecule is COC(=O)c1ccc2ncc(Cl)cc2c1.OCc1ccc2ncc(Cl)cc2c1. The van der Waals surface area contributed by atoms with Gasteiger partial charge in [0, 0.05) is 23.2 Å². The highest BCUT2D eigenvalue weighted by atomic mass is 35.5. The zero-order valence-electron chi connectivity index (χ0n) is 14.9. The first-order chi connectivity index (χ1) is 13.5. The molecule has 1 N–H and O–H groups in total. The predicted octanol–water partition coefficient (Wildman–Crippen LogP) is 5.06. The van der Waals surface area contributed by atoms with Crippen molar-refractivity contribution >= 4 is 51.0 Å². The van der Waals surface area contributed by atoms with Crippen LogP contribution in [0.1, 0.15) is 15.9 Å². The van der Waals surface area contributed by atoms with Gasteiger partial charge in [-0.05, 0) is 48.0 Å². The lowest BCUT2D eigenvalue weighted by Gasteiger charge is -2.01. The van der Waals surface area contributed by atoms with Gasteiger partial charge in [0.05, 0.1) is 40.4 Å². The Labute approximate surface area is 171 Å². The third-order valence-electron chi connectivity index (χ3n) is 3.96. The number of carbonyl (C=O) groups is 1. The Morgan fingerprint density at radius 1 is 0.929 bits per heavy atom. The van der Waals surface area contributed by atoms with Gasteiger partial charge in [0.15, 0.2) is 0 Å². The number of esters is 1. The molecule has 0 amide bonds. The molecule has 2 aromatic heterocycles. The molecular formula is C21H16Cl2N2O3. The van der Waals surface area contributed by atoms with E-state index in [0.29, 0.717) is 15.6 Å². The second-order valence-electron chi connectivity index (χ2n) is 5.89. The number of pyridine rings is 2. The van der Waals surface area contributed by atoms with Gasteiger partial charge in [-0.3, -0.25) is 9.97 Å². The Balaban J connectivity index is 0.000000162. The van der Waals surface area contributed by atoms with Gasteiger partial charge < -0.3 is 9.84 Å². The molecule has 2 aromatic carbocycles. The standard InChI is InChI=1S/C11H8ClNO2.C10H8ClNO/c1-15-11(14)7-2-3-10-8(4-7)5-9(12)6-13-10;11-9-4-8-3-7(6-13)1-2-10(8)12-5-9/h2-6H,1H3;1-5,13H,6H2. The molecule has 0 aliphatic heterocycles. The highest BCUT2D eigenvalue weighted by Crippen LogP contribution is 2.19. The average Bonchev–Trinajstić information content (AvgIpc) is 2.72. The number of methoxy groups -OCH3 is 1. The van der Waals surface area contributed by atoms with Crippen molar-refractivity contribution in [1.29, 1.82) is 0 Å². The van der Waals surface area contributed by atoms with Crippen LogP contribution in [0.3, 0.4) is 0 Å². The summed E-state index contributed by atoms with van der Waals surface area (Å²) >= 11 is 11.6. The summed E-state index contributed by atoms with van der Waals surface area (Å²) in [6.07, 6.45) is 3.18. The van der Waals surface area contributed by atoms with Gasteiger partial charge in [-0.25, -0.2) is 4.79 Å². The number of aliphatic hydroxyl groups is 1. The number of carbonyl (C=O) groups excluding carboxylic acids is 1. The summed E-state index contributed by atoms with van der Waals surface area (Å²) in [5, 5.41) is 11.9. The summed E-state index contributed by atoms with van der Waals surface area (Å²) in [4.78, 5) is 19.5. The van der Waals surface area contributed by atoms with Crippen LogP contribution in [0.2, 0.25) is 10.0 Å². The number of nitrogens with zero attached hydrogens (tertiary/aromatic N) is 2. The molecule has 0 aliphatic carbocycles. The third-order valence-corrected chi connectivity index (χ3v) is 4.38. The van der Waals surface area contributed by atoms with Crippen LogP contribution in [-0.4, -0.2) is 28.2 Å². The number of hydrogen-bond donors (Lipinski definition) is 1. The van der Waals surface area contributed by atoms with Crippen molar-refractivity contribution in [3.05, 3.63) is 82.1 Å². The highest BCUT2D eigenvalue weighted by Gasteiger charge is 2.06. The minimum Gasteiger partial charge on any atom is -0.465 e. The minimum atomic E-state index is -0.364. The van der Waals surface area contributed by atoms with Crippen LogP contribution in [0.4, 0.5) is 0 Å². The van der Waals surface area contributed by atoms with Crippen LogP contribution in [-0.2, 0) is 11.3 Å². The molecule has 4 aromatic rings. The molecule has 2 heterocycles. The van der Waals surface area contributed by atoms with Crippen molar-refractivity contribution in [1.82, 2.24) is 9.97 Å². The highest BCUT2D eigenvalue weighted by molar-refractivity contribution is 6.31. The number of aliphatic hydroxyl groups excluding tert-OH is 1. The van der Waals surface area contributed by atoms with E-state index in [-0.39, 0.29) is 12.6 Å². The van der Waals surface area contributed by atoms with E-state index in [2.05, 4.69) is 14.7 Å². The average molecular weight is 415 g/mol. The lowest BCUT2D eigenvalue weighted by Crippen LogP contribution is -2.00. The van der Waals surface area contributed by atoms with Gasteiger partial charge in [0.2, 0.25) is 0 Å². The maximum absolute atomic E-state index is 11.3. The molecule has 0 bridgehead atoms. The Bertz CT molecular complexity index is 1150. The topological polar surface area (TPSA) is 72.3 Å². The summed E-state index contributed by atoms with van der Waals surface area (Å²) in [6.45, 7) is 0.0441. The van der Waals surface area contributed by atoms with Crippen molar-refractivity contribution in [3.63, 3.8) is 0 Å². The molecule has 4 rings (SSSR count). The van der Waals surface area contributed by atoms with Crippen LogP contribution in [0, 0.1) is 0 Å². The molecule has 0 spiro atoms. The maximum Gasteiger partial charge on any atom is 0.337 e. The van der Waals surface area contributed by atoms with Gasteiger partial charge >= 0.3 is 5.97 Å². The molecule has 0 atom stereocenters. The molecule has 28 heavy (non-hydrogen) atoms. The number of fused-ring (bicyclic) bond motifs is 2. The third kappa shape index (κ3) is 4.75. The largest absolute Gasteiger partial charge is 0.465 e. The van der Waals surface area contributed by atoms with Gasteiger partial charge in [0.1, 0.15) is 0 Å². The number of rotatable bonds is 2. The Morgan fingerprint density at radius 2 is 1.50 bits per heavy atom. The first-order valence-corrected chi connectivity index (χ1v) is 9.04. The number of hydrogen-bond acceptors (Lipinski definition) is 5. The number of halogens is 2. The first-order valence-electron chi connectivity index (χ1n) is 8.29. The Hall–Kier alpha value is -2.73. The van der Waals surface area contributed by atoms with E-state index in [0.717, 1.165) is 27.4 Å². The second-order valence-corrected chi connectivity index (χ2v) is 6.76. The summed E-state index contributed by atoms with van der Waals surface area (Å²) in [5.41, 5.74) is 3.05. The molecule has 0 fully saturated rings. The van der Waals surface area contributed by atoms with Gasteiger partial charge in [-0.2, -0.15) is 0 Å². The summed E-state index contributed by atoms with van der Waals surface area (Å²) in [6, 6.07) is 14.3. The lowest BCUT2D eigenvalue weighted by atomic mass is 10.1. The molecule has 5 nitrogen and oxygen atoms in total. The fraction of sp³-hybridized carbons (Fsp3) is 0.0952.